The molecule has 0 saturated heterocycles. The number of carbonyl (C=O) groups excluding carboxylic acids is 3. The number of nitrogens with zero attached hydrogens (tertiary/aromatic N) is 1. The van der Waals surface area contributed by atoms with Crippen LogP contribution >= 0.6 is 0 Å². The Morgan fingerprint density at radius 3 is 2.10 bits per heavy atom. The highest BCUT2D eigenvalue weighted by atomic mass is 16.2. The SMILES string of the molecule is CCN(CC)C(=O)c1ccc(NCC(=O)Nc2cccc(C(=O)NC(C)(C)C)c2)cc1. The van der Waals surface area contributed by atoms with E-state index in [4.69, 9.17) is 0 Å². The van der Waals surface area contributed by atoms with Crippen LogP contribution in [-0.4, -0.2) is 47.8 Å². The summed E-state index contributed by atoms with van der Waals surface area (Å²) >= 11 is 0. The minimum absolute atomic E-state index is 0.00956. The smallest absolute Gasteiger partial charge is 0.253 e. The van der Waals surface area contributed by atoms with Crippen molar-refractivity contribution in [3.8, 4) is 0 Å². The molecule has 2 aromatic carbocycles. The van der Waals surface area contributed by atoms with E-state index in [9.17, 15) is 14.4 Å². The zero-order valence-corrected chi connectivity index (χ0v) is 18.9. The van der Waals surface area contributed by atoms with E-state index in [1.54, 1.807) is 53.4 Å². The summed E-state index contributed by atoms with van der Waals surface area (Å²) < 4.78 is 0. The van der Waals surface area contributed by atoms with Crippen LogP contribution in [-0.2, 0) is 4.79 Å². The number of anilines is 2. The van der Waals surface area contributed by atoms with Crippen LogP contribution in [0.1, 0.15) is 55.3 Å². The van der Waals surface area contributed by atoms with Gasteiger partial charge in [-0.15, -0.1) is 0 Å². The highest BCUT2D eigenvalue weighted by molar-refractivity contribution is 5.98. The summed E-state index contributed by atoms with van der Waals surface area (Å²) in [6.07, 6.45) is 0. The minimum Gasteiger partial charge on any atom is -0.376 e. The maximum absolute atomic E-state index is 12.4. The van der Waals surface area contributed by atoms with Gasteiger partial charge in [-0.1, -0.05) is 6.07 Å². The van der Waals surface area contributed by atoms with Crippen LogP contribution in [0.3, 0.4) is 0 Å². The Kier molecular flexibility index (Phi) is 8.19. The Hall–Kier alpha value is -3.35. The Morgan fingerprint density at radius 2 is 1.52 bits per heavy atom. The van der Waals surface area contributed by atoms with E-state index < -0.39 is 0 Å². The molecular formula is C24H32N4O3. The third kappa shape index (κ3) is 7.44. The van der Waals surface area contributed by atoms with Gasteiger partial charge in [0.05, 0.1) is 6.54 Å². The van der Waals surface area contributed by atoms with Crippen LogP contribution < -0.4 is 16.0 Å². The van der Waals surface area contributed by atoms with E-state index in [1.165, 1.54) is 0 Å². The predicted octanol–water partition coefficient (Wildman–Crippen LogP) is 3.75. The van der Waals surface area contributed by atoms with Crippen LogP contribution in [0.4, 0.5) is 11.4 Å². The van der Waals surface area contributed by atoms with Crippen molar-refractivity contribution in [2.75, 3.05) is 30.3 Å². The molecule has 0 aliphatic carbocycles. The molecule has 0 atom stereocenters. The van der Waals surface area contributed by atoms with Crippen molar-refractivity contribution in [2.45, 2.75) is 40.2 Å². The number of nitrogens with one attached hydrogen (secondary N) is 3. The van der Waals surface area contributed by atoms with Crippen molar-refractivity contribution in [2.24, 2.45) is 0 Å². The molecule has 3 N–H and O–H groups in total. The van der Waals surface area contributed by atoms with Crippen molar-refractivity contribution in [1.29, 1.82) is 0 Å². The summed E-state index contributed by atoms with van der Waals surface area (Å²) in [6.45, 7) is 11.0. The maximum atomic E-state index is 12.4. The van der Waals surface area contributed by atoms with E-state index in [0.29, 0.717) is 29.9 Å². The van der Waals surface area contributed by atoms with Crippen molar-refractivity contribution in [3.63, 3.8) is 0 Å². The molecule has 7 heteroatoms. The van der Waals surface area contributed by atoms with E-state index >= 15 is 0 Å². The van der Waals surface area contributed by atoms with Gasteiger partial charge in [-0.2, -0.15) is 0 Å². The fourth-order valence-corrected chi connectivity index (χ4v) is 2.96. The normalized spacial score (nSPS) is 10.9. The van der Waals surface area contributed by atoms with Gasteiger partial charge in [0.15, 0.2) is 0 Å². The second-order valence-corrected chi connectivity index (χ2v) is 8.24. The molecule has 0 bridgehead atoms. The molecule has 2 aromatic rings. The minimum atomic E-state index is -0.341. The molecule has 7 nitrogen and oxygen atoms in total. The highest BCUT2D eigenvalue weighted by Gasteiger charge is 2.16. The van der Waals surface area contributed by atoms with Crippen LogP contribution in [0.2, 0.25) is 0 Å². The molecule has 31 heavy (non-hydrogen) atoms. The monoisotopic (exact) mass is 424 g/mol. The Bertz CT molecular complexity index is 913. The zero-order chi connectivity index (χ0) is 23.0. The average Bonchev–Trinajstić information content (AvgIpc) is 2.72. The van der Waals surface area contributed by atoms with Crippen molar-refractivity contribution >= 4 is 29.1 Å². The molecule has 166 valence electrons. The van der Waals surface area contributed by atoms with Crippen molar-refractivity contribution in [1.82, 2.24) is 10.2 Å². The molecule has 2 rings (SSSR count). The quantitative estimate of drug-likeness (QED) is 0.602. The number of amides is 3. The first-order chi connectivity index (χ1) is 14.6. The van der Waals surface area contributed by atoms with Crippen LogP contribution in [0.25, 0.3) is 0 Å². The van der Waals surface area contributed by atoms with Crippen LogP contribution in [0, 0.1) is 0 Å². The van der Waals surface area contributed by atoms with Crippen molar-refractivity contribution in [3.05, 3.63) is 59.7 Å². The average molecular weight is 425 g/mol. The van der Waals surface area contributed by atoms with Crippen LogP contribution in [0.15, 0.2) is 48.5 Å². The number of benzene rings is 2. The molecule has 0 aliphatic heterocycles. The summed E-state index contributed by atoms with van der Waals surface area (Å²) in [5.74, 6) is -0.442. The molecular weight excluding hydrogens is 392 g/mol. The fourth-order valence-electron chi connectivity index (χ4n) is 2.96. The zero-order valence-electron chi connectivity index (χ0n) is 18.9. The topological polar surface area (TPSA) is 90.5 Å². The molecule has 0 saturated carbocycles. The van der Waals surface area contributed by atoms with Gasteiger partial charge >= 0.3 is 0 Å². The molecule has 0 aliphatic rings. The molecule has 0 fully saturated rings. The fraction of sp³-hybridized carbons (Fsp3) is 0.375. The summed E-state index contributed by atoms with van der Waals surface area (Å²) in [4.78, 5) is 38.7. The summed E-state index contributed by atoms with van der Waals surface area (Å²) in [5, 5.41) is 8.73. The molecule has 0 aromatic heterocycles. The summed E-state index contributed by atoms with van der Waals surface area (Å²) in [7, 11) is 0. The summed E-state index contributed by atoms with van der Waals surface area (Å²) in [6, 6.07) is 13.9. The number of carbonyl (C=O) groups is 3. The Morgan fingerprint density at radius 1 is 0.871 bits per heavy atom. The van der Waals surface area contributed by atoms with E-state index in [-0.39, 0.29) is 29.8 Å². The van der Waals surface area contributed by atoms with Gasteiger partial charge in [-0.25, -0.2) is 0 Å². The first-order valence-electron chi connectivity index (χ1n) is 10.5. The maximum Gasteiger partial charge on any atom is 0.253 e. The number of hydrogen-bond acceptors (Lipinski definition) is 4. The van der Waals surface area contributed by atoms with E-state index in [1.807, 2.05) is 34.6 Å². The van der Waals surface area contributed by atoms with Gasteiger partial charge < -0.3 is 20.9 Å². The van der Waals surface area contributed by atoms with Gasteiger partial charge in [0, 0.05) is 41.1 Å². The molecule has 0 spiro atoms. The molecule has 0 unspecified atom stereocenters. The van der Waals surface area contributed by atoms with Crippen molar-refractivity contribution < 1.29 is 14.4 Å². The number of hydrogen-bond donors (Lipinski definition) is 3. The third-order valence-electron chi connectivity index (χ3n) is 4.53. The molecule has 0 radical (unpaired) electrons. The van der Waals surface area contributed by atoms with Gasteiger partial charge in [0.1, 0.15) is 0 Å². The first-order valence-corrected chi connectivity index (χ1v) is 10.5. The van der Waals surface area contributed by atoms with Gasteiger partial charge in [-0.05, 0) is 77.1 Å². The van der Waals surface area contributed by atoms with E-state index in [2.05, 4.69) is 16.0 Å². The predicted molar refractivity (Wildman–Crippen MR) is 124 cm³/mol. The lowest BCUT2D eigenvalue weighted by Gasteiger charge is -2.20. The third-order valence-corrected chi connectivity index (χ3v) is 4.53. The largest absolute Gasteiger partial charge is 0.376 e. The van der Waals surface area contributed by atoms with Gasteiger partial charge in [0.2, 0.25) is 5.91 Å². The Balaban J connectivity index is 1.92. The highest BCUT2D eigenvalue weighted by Crippen LogP contribution is 2.14. The standard InChI is InChI=1S/C24H32N4O3/c1-6-28(7-2)23(31)17-11-13-19(14-12-17)25-16-21(29)26-20-10-8-9-18(15-20)22(30)27-24(3,4)5/h8-15,25H,6-7,16H2,1-5H3,(H,26,29)(H,27,30). The Labute approximate surface area is 184 Å². The van der Waals surface area contributed by atoms with Crippen LogP contribution in [0.5, 0.6) is 0 Å². The molecule has 0 heterocycles. The van der Waals surface area contributed by atoms with E-state index in [0.717, 1.165) is 5.69 Å². The first kappa shape index (κ1) is 23.9. The van der Waals surface area contributed by atoms with Gasteiger partial charge in [0.25, 0.3) is 11.8 Å². The number of rotatable bonds is 8. The molecule has 3 amide bonds. The second-order valence-electron chi connectivity index (χ2n) is 8.24. The lowest BCUT2D eigenvalue weighted by Crippen LogP contribution is -2.40. The van der Waals surface area contributed by atoms with Gasteiger partial charge in [-0.3, -0.25) is 14.4 Å². The lowest BCUT2D eigenvalue weighted by molar-refractivity contribution is -0.114. The summed E-state index contributed by atoms with van der Waals surface area (Å²) in [5.41, 5.74) is 2.04. The lowest BCUT2D eigenvalue weighted by atomic mass is 10.1. The second kappa shape index (κ2) is 10.6.